The molecule has 0 radical (unpaired) electrons. The fourth-order valence-electron chi connectivity index (χ4n) is 3.70. The molecule has 0 saturated carbocycles. The number of methoxy groups -OCH3 is 1. The van der Waals surface area contributed by atoms with Crippen LogP contribution in [0.25, 0.3) is 11.4 Å². The van der Waals surface area contributed by atoms with E-state index in [1.807, 2.05) is 40.7 Å². The molecule has 1 amide bonds. The number of aromatic nitrogens is 4. The summed E-state index contributed by atoms with van der Waals surface area (Å²) in [5.41, 5.74) is 1.96. The van der Waals surface area contributed by atoms with E-state index in [1.165, 1.54) is 0 Å². The van der Waals surface area contributed by atoms with Crippen molar-refractivity contribution in [3.63, 3.8) is 0 Å². The summed E-state index contributed by atoms with van der Waals surface area (Å²) in [6, 6.07) is 7.64. The molecule has 1 saturated heterocycles. The Morgan fingerprint density at radius 3 is 2.74 bits per heavy atom. The number of anilines is 1. The maximum atomic E-state index is 12.9. The Kier molecular flexibility index (Phi) is 6.67. The number of thiazole rings is 1. The van der Waals surface area contributed by atoms with Crippen LogP contribution in [0.4, 0.5) is 5.13 Å². The highest BCUT2D eigenvalue weighted by Gasteiger charge is 2.21. The molecule has 10 heteroatoms. The number of nitrogens with one attached hydrogen (secondary N) is 1. The number of carbonyl (C=O) groups excluding carboxylic acids is 1. The van der Waals surface area contributed by atoms with Gasteiger partial charge in [-0.25, -0.2) is 4.98 Å². The summed E-state index contributed by atoms with van der Waals surface area (Å²) in [5.74, 6) is 1.64. The van der Waals surface area contributed by atoms with Gasteiger partial charge in [-0.3, -0.25) is 14.5 Å². The zero-order valence-electron chi connectivity index (χ0n) is 17.7. The van der Waals surface area contributed by atoms with Gasteiger partial charge in [0.1, 0.15) is 5.75 Å². The Morgan fingerprint density at radius 2 is 2.03 bits per heavy atom. The van der Waals surface area contributed by atoms with Gasteiger partial charge in [0.15, 0.2) is 15.7 Å². The number of H-pyrrole nitrogens is 1. The SMILES string of the molecule is COc1ccc(-c2n[nH]c(=S)n2CCC(=O)N2CCCN(c3nc(C)cs3)CC2)cc1. The minimum Gasteiger partial charge on any atom is -0.497 e. The fourth-order valence-corrected chi connectivity index (χ4v) is 4.78. The van der Waals surface area contributed by atoms with Gasteiger partial charge in [0.05, 0.1) is 12.8 Å². The van der Waals surface area contributed by atoms with Crippen molar-refractivity contribution in [2.75, 3.05) is 38.2 Å². The van der Waals surface area contributed by atoms with Crippen molar-refractivity contribution in [1.29, 1.82) is 0 Å². The molecule has 0 atom stereocenters. The van der Waals surface area contributed by atoms with Crippen LogP contribution in [0.5, 0.6) is 5.75 Å². The van der Waals surface area contributed by atoms with Crippen LogP contribution in [0, 0.1) is 11.7 Å². The number of aryl methyl sites for hydroxylation is 1. The molecule has 8 nitrogen and oxygen atoms in total. The summed E-state index contributed by atoms with van der Waals surface area (Å²) >= 11 is 7.07. The van der Waals surface area contributed by atoms with Gasteiger partial charge in [0.25, 0.3) is 0 Å². The topological polar surface area (TPSA) is 79.3 Å². The van der Waals surface area contributed by atoms with E-state index < -0.39 is 0 Å². The van der Waals surface area contributed by atoms with Crippen molar-refractivity contribution in [3.05, 3.63) is 40.1 Å². The van der Waals surface area contributed by atoms with Crippen LogP contribution in [0.2, 0.25) is 0 Å². The standard InChI is InChI=1S/C21H26N6O2S2/c1-15-14-31-21(22-15)26-10-3-9-25(12-13-26)18(28)8-11-27-19(23-24-20(27)30)16-4-6-17(29-2)7-5-16/h4-7,14H,3,8-13H2,1-2H3,(H,24,30). The molecule has 1 aromatic carbocycles. The summed E-state index contributed by atoms with van der Waals surface area (Å²) in [6.07, 6.45) is 1.32. The Balaban J connectivity index is 1.39. The highest BCUT2D eigenvalue weighted by Crippen LogP contribution is 2.23. The molecular formula is C21H26N6O2S2. The molecule has 164 valence electrons. The number of rotatable bonds is 6. The smallest absolute Gasteiger partial charge is 0.224 e. The number of hydrogen-bond donors (Lipinski definition) is 1. The van der Waals surface area contributed by atoms with E-state index in [1.54, 1.807) is 18.4 Å². The number of carbonyl (C=O) groups is 1. The first-order chi connectivity index (χ1) is 15.0. The van der Waals surface area contributed by atoms with Crippen LogP contribution >= 0.6 is 23.6 Å². The second kappa shape index (κ2) is 9.61. The zero-order chi connectivity index (χ0) is 21.8. The van der Waals surface area contributed by atoms with Crippen molar-refractivity contribution >= 4 is 34.6 Å². The monoisotopic (exact) mass is 458 g/mol. The minimum atomic E-state index is 0.140. The molecule has 0 aliphatic carbocycles. The molecule has 3 heterocycles. The molecule has 0 spiro atoms. The lowest BCUT2D eigenvalue weighted by molar-refractivity contribution is -0.131. The predicted molar refractivity (Wildman–Crippen MR) is 124 cm³/mol. The van der Waals surface area contributed by atoms with Gasteiger partial charge >= 0.3 is 0 Å². The van der Waals surface area contributed by atoms with E-state index in [0.717, 1.165) is 54.0 Å². The fraction of sp³-hybridized carbons (Fsp3) is 0.429. The first-order valence-corrected chi connectivity index (χ1v) is 11.6. The first kappa shape index (κ1) is 21.5. The van der Waals surface area contributed by atoms with Gasteiger partial charge in [0, 0.05) is 50.1 Å². The van der Waals surface area contributed by atoms with Crippen LogP contribution in [-0.4, -0.2) is 63.8 Å². The Bertz CT molecular complexity index is 1090. The average Bonchev–Trinajstić information content (AvgIpc) is 3.28. The van der Waals surface area contributed by atoms with E-state index in [-0.39, 0.29) is 5.91 Å². The molecule has 1 aliphatic heterocycles. The molecule has 2 aromatic heterocycles. The Labute approximate surface area is 190 Å². The van der Waals surface area contributed by atoms with Crippen molar-refractivity contribution < 1.29 is 9.53 Å². The van der Waals surface area contributed by atoms with Crippen LogP contribution in [0.15, 0.2) is 29.6 Å². The minimum absolute atomic E-state index is 0.140. The van der Waals surface area contributed by atoms with E-state index in [0.29, 0.717) is 24.3 Å². The number of aromatic amines is 1. The second-order valence-electron chi connectivity index (χ2n) is 7.48. The number of hydrogen-bond acceptors (Lipinski definition) is 7. The van der Waals surface area contributed by atoms with Crippen LogP contribution in [-0.2, 0) is 11.3 Å². The molecule has 0 unspecified atom stereocenters. The van der Waals surface area contributed by atoms with E-state index >= 15 is 0 Å². The van der Waals surface area contributed by atoms with Gasteiger partial charge in [0.2, 0.25) is 5.91 Å². The zero-order valence-corrected chi connectivity index (χ0v) is 19.3. The number of amides is 1. The third-order valence-electron chi connectivity index (χ3n) is 5.38. The molecule has 1 fully saturated rings. The summed E-state index contributed by atoms with van der Waals surface area (Å²) in [4.78, 5) is 21.8. The molecular weight excluding hydrogens is 432 g/mol. The Morgan fingerprint density at radius 1 is 1.23 bits per heavy atom. The van der Waals surface area contributed by atoms with Gasteiger partial charge in [-0.2, -0.15) is 5.10 Å². The molecule has 1 N–H and O–H groups in total. The van der Waals surface area contributed by atoms with Crippen molar-refractivity contribution in [3.8, 4) is 17.1 Å². The third kappa shape index (κ3) is 4.96. The highest BCUT2D eigenvalue weighted by molar-refractivity contribution is 7.71. The normalized spacial score (nSPS) is 14.5. The number of ether oxygens (including phenoxy) is 1. The summed E-state index contributed by atoms with van der Waals surface area (Å²) in [6.45, 7) is 5.70. The third-order valence-corrected chi connectivity index (χ3v) is 6.71. The first-order valence-electron chi connectivity index (χ1n) is 10.3. The quantitative estimate of drug-likeness (QED) is 0.570. The lowest BCUT2D eigenvalue weighted by Crippen LogP contribution is -2.35. The maximum Gasteiger partial charge on any atom is 0.224 e. The van der Waals surface area contributed by atoms with E-state index in [9.17, 15) is 4.79 Å². The molecule has 4 rings (SSSR count). The lowest BCUT2D eigenvalue weighted by atomic mass is 10.2. The summed E-state index contributed by atoms with van der Waals surface area (Å²) in [5, 5.41) is 10.3. The molecule has 31 heavy (non-hydrogen) atoms. The summed E-state index contributed by atoms with van der Waals surface area (Å²) < 4.78 is 7.62. The van der Waals surface area contributed by atoms with Gasteiger partial charge in [-0.15, -0.1) is 11.3 Å². The van der Waals surface area contributed by atoms with Gasteiger partial charge in [-0.05, 0) is 49.8 Å². The lowest BCUT2D eigenvalue weighted by Gasteiger charge is -2.22. The maximum absolute atomic E-state index is 12.9. The largest absolute Gasteiger partial charge is 0.497 e. The predicted octanol–water partition coefficient (Wildman–Crippen LogP) is 3.51. The van der Waals surface area contributed by atoms with Gasteiger partial charge in [-0.1, -0.05) is 0 Å². The van der Waals surface area contributed by atoms with Crippen LogP contribution in [0.3, 0.4) is 0 Å². The number of benzene rings is 1. The van der Waals surface area contributed by atoms with E-state index in [2.05, 4.69) is 25.5 Å². The van der Waals surface area contributed by atoms with Crippen LogP contribution in [0.1, 0.15) is 18.5 Å². The average molecular weight is 459 g/mol. The summed E-state index contributed by atoms with van der Waals surface area (Å²) in [7, 11) is 1.64. The van der Waals surface area contributed by atoms with Crippen molar-refractivity contribution in [2.45, 2.75) is 26.3 Å². The van der Waals surface area contributed by atoms with Crippen LogP contribution < -0.4 is 9.64 Å². The molecule has 1 aliphatic rings. The van der Waals surface area contributed by atoms with Crippen molar-refractivity contribution in [1.82, 2.24) is 24.6 Å². The highest BCUT2D eigenvalue weighted by atomic mass is 32.1. The van der Waals surface area contributed by atoms with Crippen molar-refractivity contribution in [2.24, 2.45) is 0 Å². The molecule has 0 bridgehead atoms. The van der Waals surface area contributed by atoms with Gasteiger partial charge < -0.3 is 14.5 Å². The second-order valence-corrected chi connectivity index (χ2v) is 8.70. The van der Waals surface area contributed by atoms with E-state index in [4.69, 9.17) is 17.0 Å². The molecule has 3 aromatic rings. The number of nitrogens with zero attached hydrogens (tertiary/aromatic N) is 5. The Hall–Kier alpha value is -2.72.